The van der Waals surface area contributed by atoms with E-state index in [1.54, 1.807) is 24.3 Å². The number of hydrogen-bond donors (Lipinski definition) is 0. The van der Waals surface area contributed by atoms with Crippen LogP contribution in [0.25, 0.3) is 43.1 Å². The summed E-state index contributed by atoms with van der Waals surface area (Å²) in [4.78, 5) is 0. The maximum absolute atomic E-state index is 13.1. The molecule has 0 saturated carbocycles. The van der Waals surface area contributed by atoms with E-state index in [1.165, 1.54) is 0 Å². The third-order valence-electron chi connectivity index (χ3n) is 5.85. The fourth-order valence-corrected chi connectivity index (χ4v) is 5.18. The van der Waals surface area contributed by atoms with Crippen molar-refractivity contribution in [1.82, 2.24) is 0 Å². The Morgan fingerprint density at radius 3 is 1.30 bits per heavy atom. The van der Waals surface area contributed by atoms with Gasteiger partial charge in [-0.3, -0.25) is 0 Å². The molecule has 5 heteroatoms. The molecule has 6 aromatic rings. The van der Waals surface area contributed by atoms with E-state index < -0.39 is 10.4 Å². The lowest BCUT2D eigenvalue weighted by molar-refractivity contribution is 0.396. The Bertz CT molecular complexity index is 1660. The predicted octanol–water partition coefficient (Wildman–Crippen LogP) is 7.00. The minimum Gasteiger partial charge on any atom is -0.352 e. The van der Waals surface area contributed by atoms with Gasteiger partial charge in [0.05, 0.1) is 0 Å². The maximum Gasteiger partial charge on any atom is 0.501 e. The minimum absolute atomic E-state index is 0.231. The van der Waals surface area contributed by atoms with Crippen LogP contribution in [0.15, 0.2) is 109 Å². The predicted molar refractivity (Wildman–Crippen MR) is 133 cm³/mol. The normalized spacial score (nSPS) is 11.9. The summed E-state index contributed by atoms with van der Waals surface area (Å²) in [6, 6.07) is 34.2. The molecule has 4 nitrogen and oxygen atoms in total. The highest BCUT2D eigenvalue weighted by molar-refractivity contribution is 7.82. The molecule has 33 heavy (non-hydrogen) atoms. The Morgan fingerprint density at radius 2 is 0.818 bits per heavy atom. The third-order valence-corrected chi connectivity index (χ3v) is 6.61. The molecule has 0 N–H and O–H groups in total. The van der Waals surface area contributed by atoms with Crippen LogP contribution >= 0.6 is 0 Å². The molecular weight excluding hydrogens is 432 g/mol. The first kappa shape index (κ1) is 19.6. The highest BCUT2D eigenvalue weighted by Crippen LogP contribution is 2.36. The van der Waals surface area contributed by atoms with Gasteiger partial charge in [-0.05, 0) is 44.5 Å². The quantitative estimate of drug-likeness (QED) is 0.271. The van der Waals surface area contributed by atoms with Gasteiger partial charge in [0.2, 0.25) is 0 Å². The van der Waals surface area contributed by atoms with Gasteiger partial charge in [0.15, 0.2) is 11.5 Å². The molecule has 0 amide bonds. The van der Waals surface area contributed by atoms with Crippen molar-refractivity contribution in [2.45, 2.75) is 0 Å². The van der Waals surface area contributed by atoms with Crippen LogP contribution in [0.3, 0.4) is 0 Å². The molecule has 0 saturated heterocycles. The fraction of sp³-hybridized carbons (Fsp3) is 0. The zero-order chi connectivity index (χ0) is 22.4. The summed E-state index contributed by atoms with van der Waals surface area (Å²) < 4.78 is 37.2. The number of benzene rings is 6. The average Bonchev–Trinajstić information content (AvgIpc) is 2.83. The molecule has 0 radical (unpaired) electrons. The highest BCUT2D eigenvalue weighted by atomic mass is 32.3. The molecule has 0 heterocycles. The lowest BCUT2D eigenvalue weighted by Gasteiger charge is -2.13. The van der Waals surface area contributed by atoms with Crippen molar-refractivity contribution in [2.75, 3.05) is 0 Å². The molecule has 0 aromatic heterocycles. The van der Waals surface area contributed by atoms with Crippen LogP contribution < -0.4 is 8.37 Å². The standard InChI is InChI=1S/C28H18O4S/c29-33(30,31-25-13-5-9-21-17-15-19-7-1-3-11-23(19)27(21)25)32-26-14-6-10-22-18-16-20-8-2-4-12-24(20)28(22)26/h1-18H. The van der Waals surface area contributed by atoms with Crippen LogP contribution in [0.4, 0.5) is 0 Å². The van der Waals surface area contributed by atoms with E-state index in [0.29, 0.717) is 0 Å². The van der Waals surface area contributed by atoms with Gasteiger partial charge in [-0.25, -0.2) is 0 Å². The van der Waals surface area contributed by atoms with Crippen molar-refractivity contribution in [1.29, 1.82) is 0 Å². The van der Waals surface area contributed by atoms with Gasteiger partial charge in [0, 0.05) is 10.8 Å². The molecule has 0 atom stereocenters. The molecular formula is C28H18O4S. The Balaban J connectivity index is 1.47. The van der Waals surface area contributed by atoms with E-state index in [4.69, 9.17) is 8.37 Å². The van der Waals surface area contributed by atoms with E-state index in [2.05, 4.69) is 0 Å². The fourth-order valence-electron chi connectivity index (χ4n) is 4.43. The molecule has 0 aliphatic carbocycles. The Morgan fingerprint density at radius 1 is 0.424 bits per heavy atom. The van der Waals surface area contributed by atoms with Gasteiger partial charge in [0.1, 0.15) is 0 Å². The van der Waals surface area contributed by atoms with Crippen LogP contribution in [0.5, 0.6) is 11.5 Å². The maximum atomic E-state index is 13.1. The van der Waals surface area contributed by atoms with Crippen molar-refractivity contribution >= 4 is 53.5 Å². The van der Waals surface area contributed by atoms with E-state index in [0.717, 1.165) is 43.1 Å². The Kier molecular flexibility index (Phi) is 4.45. The van der Waals surface area contributed by atoms with Crippen molar-refractivity contribution in [2.24, 2.45) is 0 Å². The van der Waals surface area contributed by atoms with Crippen molar-refractivity contribution < 1.29 is 16.8 Å². The van der Waals surface area contributed by atoms with E-state index in [1.807, 2.05) is 84.9 Å². The number of fused-ring (bicyclic) bond motifs is 6. The molecule has 0 fully saturated rings. The topological polar surface area (TPSA) is 52.6 Å². The van der Waals surface area contributed by atoms with Crippen molar-refractivity contribution in [3.8, 4) is 11.5 Å². The second kappa shape index (κ2) is 7.50. The second-order valence-corrected chi connectivity index (χ2v) is 9.01. The van der Waals surface area contributed by atoms with E-state index >= 15 is 0 Å². The van der Waals surface area contributed by atoms with Crippen LogP contribution in [-0.4, -0.2) is 8.42 Å². The molecule has 0 unspecified atom stereocenters. The van der Waals surface area contributed by atoms with Crippen LogP contribution in [-0.2, 0) is 10.4 Å². The first-order valence-corrected chi connectivity index (χ1v) is 11.9. The van der Waals surface area contributed by atoms with E-state index in [-0.39, 0.29) is 11.5 Å². The lowest BCUT2D eigenvalue weighted by Crippen LogP contribution is -2.16. The number of rotatable bonds is 4. The van der Waals surface area contributed by atoms with Gasteiger partial charge >= 0.3 is 10.4 Å². The summed E-state index contributed by atoms with van der Waals surface area (Å²) >= 11 is 0. The van der Waals surface area contributed by atoms with Crippen molar-refractivity contribution in [3.05, 3.63) is 109 Å². The molecule has 0 bridgehead atoms. The smallest absolute Gasteiger partial charge is 0.352 e. The Labute approximate surface area is 190 Å². The average molecular weight is 451 g/mol. The molecule has 6 aromatic carbocycles. The monoisotopic (exact) mass is 450 g/mol. The van der Waals surface area contributed by atoms with Crippen LogP contribution in [0, 0.1) is 0 Å². The lowest BCUT2D eigenvalue weighted by atomic mass is 10.0. The first-order chi connectivity index (χ1) is 16.1. The van der Waals surface area contributed by atoms with Crippen molar-refractivity contribution in [3.63, 3.8) is 0 Å². The molecule has 6 rings (SSSR count). The van der Waals surface area contributed by atoms with Gasteiger partial charge in [-0.1, -0.05) is 97.1 Å². The third kappa shape index (κ3) is 3.43. The summed E-state index contributed by atoms with van der Waals surface area (Å²) in [7, 11) is -4.41. The molecule has 0 spiro atoms. The zero-order valence-corrected chi connectivity index (χ0v) is 18.3. The van der Waals surface area contributed by atoms with Crippen LogP contribution in [0.1, 0.15) is 0 Å². The van der Waals surface area contributed by atoms with Gasteiger partial charge in [-0.15, -0.1) is 8.42 Å². The highest BCUT2D eigenvalue weighted by Gasteiger charge is 2.20. The minimum atomic E-state index is -4.41. The largest absolute Gasteiger partial charge is 0.501 e. The van der Waals surface area contributed by atoms with Gasteiger partial charge < -0.3 is 8.37 Å². The van der Waals surface area contributed by atoms with E-state index in [9.17, 15) is 8.42 Å². The molecule has 160 valence electrons. The number of hydrogen-bond acceptors (Lipinski definition) is 4. The second-order valence-electron chi connectivity index (χ2n) is 7.86. The summed E-state index contributed by atoms with van der Waals surface area (Å²) in [6.45, 7) is 0. The zero-order valence-electron chi connectivity index (χ0n) is 17.4. The van der Waals surface area contributed by atoms with Gasteiger partial charge in [-0.2, -0.15) is 0 Å². The van der Waals surface area contributed by atoms with Gasteiger partial charge in [0.25, 0.3) is 0 Å². The van der Waals surface area contributed by atoms with Crippen LogP contribution in [0.2, 0.25) is 0 Å². The molecule has 0 aliphatic rings. The Hall–Kier alpha value is -4.09. The summed E-state index contributed by atoms with van der Waals surface area (Å²) in [5.41, 5.74) is 0. The summed E-state index contributed by atoms with van der Waals surface area (Å²) in [6.07, 6.45) is 0. The SMILES string of the molecule is O=S(=O)(Oc1cccc2ccc3ccccc3c12)Oc1cccc2ccc3ccccc3c12. The summed E-state index contributed by atoms with van der Waals surface area (Å²) in [5.74, 6) is 0.462. The summed E-state index contributed by atoms with van der Waals surface area (Å²) in [5, 5.41) is 7.06. The first-order valence-electron chi connectivity index (χ1n) is 10.5. The molecule has 0 aliphatic heterocycles.